The van der Waals surface area contributed by atoms with E-state index in [0.29, 0.717) is 11.3 Å². The van der Waals surface area contributed by atoms with Crippen molar-refractivity contribution in [2.45, 2.75) is 0 Å². The summed E-state index contributed by atoms with van der Waals surface area (Å²) in [5, 5.41) is 13.4. The molecule has 178 valence electrons. The second-order valence-corrected chi connectivity index (χ2v) is 7.78. The van der Waals surface area contributed by atoms with E-state index in [2.05, 4.69) is 5.32 Å². The first-order valence-electron chi connectivity index (χ1n) is 10.9. The molecule has 8 nitrogen and oxygen atoms in total. The summed E-state index contributed by atoms with van der Waals surface area (Å²) in [6.07, 6.45) is 0. The molecule has 0 radical (unpaired) electrons. The number of nitrogens with one attached hydrogen (secondary N) is 1. The lowest BCUT2D eigenvalue weighted by molar-refractivity contribution is -0.384. The number of esters is 1. The van der Waals surface area contributed by atoms with E-state index in [1.54, 1.807) is 12.1 Å². The van der Waals surface area contributed by atoms with Crippen molar-refractivity contribution in [3.05, 3.63) is 130 Å². The van der Waals surface area contributed by atoms with Crippen molar-refractivity contribution in [1.29, 1.82) is 0 Å². The van der Waals surface area contributed by atoms with Gasteiger partial charge >= 0.3 is 5.97 Å². The van der Waals surface area contributed by atoms with E-state index in [4.69, 9.17) is 4.74 Å². The average Bonchev–Trinajstić information content (AvgIpc) is 2.92. The molecule has 0 aliphatic carbocycles. The maximum Gasteiger partial charge on any atom is 0.338 e. The highest BCUT2D eigenvalue weighted by Gasteiger charge is 2.14. The number of non-ortho nitro benzene ring substituents is 1. The largest absolute Gasteiger partial charge is 0.454 e. The molecule has 0 aliphatic heterocycles. The van der Waals surface area contributed by atoms with E-state index in [-0.39, 0.29) is 22.6 Å². The fraction of sp³-hybridized carbons (Fsp3) is 0.0357. The van der Waals surface area contributed by atoms with Gasteiger partial charge in [-0.15, -0.1) is 0 Å². The van der Waals surface area contributed by atoms with Crippen LogP contribution in [0.3, 0.4) is 0 Å². The second kappa shape index (κ2) is 10.9. The Morgan fingerprint density at radius 3 is 1.86 bits per heavy atom. The maximum absolute atomic E-state index is 12.4. The number of rotatable bonds is 8. The minimum atomic E-state index is -0.669. The second-order valence-electron chi connectivity index (χ2n) is 7.78. The van der Waals surface area contributed by atoms with Gasteiger partial charge < -0.3 is 10.1 Å². The number of carbonyl (C=O) groups is 3. The van der Waals surface area contributed by atoms with Crippen molar-refractivity contribution in [3.8, 4) is 11.1 Å². The third-order valence-electron chi connectivity index (χ3n) is 5.37. The zero-order valence-electron chi connectivity index (χ0n) is 18.9. The van der Waals surface area contributed by atoms with Crippen LogP contribution < -0.4 is 5.32 Å². The summed E-state index contributed by atoms with van der Waals surface area (Å²) in [5.74, 6) is -1.45. The lowest BCUT2D eigenvalue weighted by Crippen LogP contribution is -2.15. The Hall–Kier alpha value is -5.11. The number of anilines is 1. The minimum absolute atomic E-state index is 0.114. The molecule has 0 aromatic heterocycles. The van der Waals surface area contributed by atoms with E-state index < -0.39 is 23.4 Å². The number of Topliss-reactive ketones (excluding diaryl/α,β-unsaturated/α-hetero) is 1. The number of nitro groups is 1. The van der Waals surface area contributed by atoms with E-state index in [1.807, 2.05) is 42.5 Å². The third-order valence-corrected chi connectivity index (χ3v) is 5.37. The summed E-state index contributed by atoms with van der Waals surface area (Å²) in [4.78, 5) is 47.3. The predicted octanol–water partition coefficient (Wildman–Crippen LogP) is 5.55. The average molecular weight is 480 g/mol. The molecule has 0 bridgehead atoms. The molecule has 1 amide bonds. The van der Waals surface area contributed by atoms with Crippen LogP contribution in [0.4, 0.5) is 11.4 Å². The monoisotopic (exact) mass is 480 g/mol. The Labute approximate surface area is 206 Å². The highest BCUT2D eigenvalue weighted by molar-refractivity contribution is 6.04. The van der Waals surface area contributed by atoms with Crippen LogP contribution >= 0.6 is 0 Å². The number of nitro benzene ring substituents is 1. The van der Waals surface area contributed by atoms with Crippen LogP contribution in [-0.4, -0.2) is 29.2 Å². The summed E-state index contributed by atoms with van der Waals surface area (Å²) < 4.78 is 5.15. The molecule has 0 fully saturated rings. The number of carbonyl (C=O) groups excluding carboxylic acids is 3. The van der Waals surface area contributed by atoms with Crippen LogP contribution in [-0.2, 0) is 4.74 Å². The van der Waals surface area contributed by atoms with Crippen LogP contribution in [0.15, 0.2) is 103 Å². The Morgan fingerprint density at radius 2 is 1.25 bits per heavy atom. The first-order chi connectivity index (χ1) is 17.4. The van der Waals surface area contributed by atoms with Gasteiger partial charge in [-0.2, -0.15) is 0 Å². The Bertz CT molecular complexity index is 1400. The first-order valence-corrected chi connectivity index (χ1v) is 10.9. The topological polar surface area (TPSA) is 116 Å². The lowest BCUT2D eigenvalue weighted by Gasteiger charge is -2.08. The highest BCUT2D eigenvalue weighted by atomic mass is 16.6. The zero-order chi connectivity index (χ0) is 25.5. The van der Waals surface area contributed by atoms with Gasteiger partial charge in [0.15, 0.2) is 12.4 Å². The standard InChI is InChI=1S/C28H20N2O6/c31-26(21-8-6-20(7-9-21)19-4-2-1-3-5-19)18-36-28(33)23-10-14-24(15-11-23)29-27(32)22-12-16-25(17-13-22)30(34)35/h1-17H,18H2,(H,29,32). The number of hydrogen-bond donors (Lipinski definition) is 1. The summed E-state index contributed by atoms with van der Waals surface area (Å²) in [6.45, 7) is -0.401. The molecule has 36 heavy (non-hydrogen) atoms. The van der Waals surface area contributed by atoms with Crippen molar-refractivity contribution in [2.75, 3.05) is 11.9 Å². The molecule has 4 rings (SSSR count). The van der Waals surface area contributed by atoms with E-state index >= 15 is 0 Å². The highest BCUT2D eigenvalue weighted by Crippen LogP contribution is 2.20. The van der Waals surface area contributed by atoms with Crippen LogP contribution in [0.25, 0.3) is 11.1 Å². The number of ether oxygens (including phenoxy) is 1. The molecule has 0 spiro atoms. The number of amides is 1. The molecule has 0 heterocycles. The fourth-order valence-corrected chi connectivity index (χ4v) is 3.40. The molecular formula is C28H20N2O6. The van der Waals surface area contributed by atoms with E-state index in [0.717, 1.165) is 11.1 Å². The molecule has 0 unspecified atom stereocenters. The van der Waals surface area contributed by atoms with Crippen LogP contribution in [0.1, 0.15) is 31.1 Å². The summed E-state index contributed by atoms with van der Waals surface area (Å²) in [7, 11) is 0. The Kier molecular flexibility index (Phi) is 7.26. The lowest BCUT2D eigenvalue weighted by atomic mass is 10.0. The van der Waals surface area contributed by atoms with Crippen molar-refractivity contribution in [1.82, 2.24) is 0 Å². The van der Waals surface area contributed by atoms with Gasteiger partial charge in [-0.25, -0.2) is 4.79 Å². The molecule has 1 N–H and O–H groups in total. The van der Waals surface area contributed by atoms with Crippen molar-refractivity contribution < 1.29 is 24.0 Å². The number of ketones is 1. The molecule has 0 aliphatic rings. The zero-order valence-corrected chi connectivity index (χ0v) is 18.9. The number of nitrogens with zero attached hydrogens (tertiary/aromatic N) is 1. The van der Waals surface area contributed by atoms with Crippen LogP contribution in [0.2, 0.25) is 0 Å². The van der Waals surface area contributed by atoms with Crippen molar-refractivity contribution in [2.24, 2.45) is 0 Å². The van der Waals surface area contributed by atoms with Gasteiger partial charge in [0.05, 0.1) is 10.5 Å². The third kappa shape index (κ3) is 5.87. The Balaban J connectivity index is 1.30. The number of hydrogen-bond acceptors (Lipinski definition) is 6. The first kappa shape index (κ1) is 24.0. The Morgan fingerprint density at radius 1 is 0.694 bits per heavy atom. The van der Waals surface area contributed by atoms with E-state index in [9.17, 15) is 24.5 Å². The molecule has 0 saturated carbocycles. The maximum atomic E-state index is 12.4. The van der Waals surface area contributed by atoms with Gasteiger partial charge in [-0.3, -0.25) is 19.7 Å². The molecule has 4 aromatic rings. The summed E-state index contributed by atoms with van der Waals surface area (Å²) >= 11 is 0. The van der Waals surface area contributed by atoms with Gasteiger partial charge in [0, 0.05) is 28.9 Å². The summed E-state index contributed by atoms with van der Waals surface area (Å²) in [5.41, 5.74) is 3.23. The molecular weight excluding hydrogens is 460 g/mol. The van der Waals surface area contributed by atoms with Gasteiger partial charge in [0.25, 0.3) is 11.6 Å². The number of benzene rings is 4. The van der Waals surface area contributed by atoms with Gasteiger partial charge in [-0.1, -0.05) is 54.6 Å². The normalized spacial score (nSPS) is 10.3. The smallest absolute Gasteiger partial charge is 0.338 e. The fourth-order valence-electron chi connectivity index (χ4n) is 3.40. The van der Waals surface area contributed by atoms with Gasteiger partial charge in [-0.05, 0) is 47.5 Å². The van der Waals surface area contributed by atoms with Crippen molar-refractivity contribution in [3.63, 3.8) is 0 Å². The molecule has 0 atom stereocenters. The van der Waals surface area contributed by atoms with Crippen molar-refractivity contribution >= 4 is 29.0 Å². The predicted molar refractivity (Wildman–Crippen MR) is 134 cm³/mol. The molecule has 8 heteroatoms. The van der Waals surface area contributed by atoms with E-state index in [1.165, 1.54) is 48.5 Å². The summed E-state index contributed by atoms with van der Waals surface area (Å²) in [6, 6.07) is 28.0. The van der Waals surface area contributed by atoms with Gasteiger partial charge in [0.1, 0.15) is 0 Å². The van der Waals surface area contributed by atoms with Crippen LogP contribution in [0.5, 0.6) is 0 Å². The minimum Gasteiger partial charge on any atom is -0.454 e. The molecule has 4 aromatic carbocycles. The quantitative estimate of drug-likeness (QED) is 0.153. The van der Waals surface area contributed by atoms with Gasteiger partial charge in [0.2, 0.25) is 0 Å². The SMILES string of the molecule is O=C(COC(=O)c1ccc(NC(=O)c2ccc([N+](=O)[O-])cc2)cc1)c1ccc(-c2ccccc2)cc1. The molecule has 0 saturated heterocycles. The van der Waals surface area contributed by atoms with Crippen LogP contribution in [0, 0.1) is 10.1 Å².